The van der Waals surface area contributed by atoms with E-state index in [1.807, 2.05) is 0 Å². The van der Waals surface area contributed by atoms with Crippen molar-refractivity contribution in [2.24, 2.45) is 0 Å². The van der Waals surface area contributed by atoms with Gasteiger partial charge in [-0.1, -0.05) is 82.9 Å². The van der Waals surface area contributed by atoms with Crippen LogP contribution >= 0.6 is 0 Å². The first kappa shape index (κ1) is 31.8. The summed E-state index contributed by atoms with van der Waals surface area (Å²) in [5.41, 5.74) is 15.8. The maximum absolute atomic E-state index is 6.80. The second-order valence-corrected chi connectivity index (χ2v) is 14.3. The quantitative estimate of drug-likeness (QED) is 0.164. The minimum absolute atomic E-state index is 0.0411. The van der Waals surface area contributed by atoms with Crippen LogP contribution in [0, 0.1) is 34.6 Å². The highest BCUT2D eigenvalue weighted by Crippen LogP contribution is 2.42. The second kappa shape index (κ2) is 12.5. The molecule has 252 valence electrons. The van der Waals surface area contributed by atoms with Gasteiger partial charge in [-0.15, -0.1) is 0 Å². The highest BCUT2D eigenvalue weighted by atomic mass is 16.5. The van der Waals surface area contributed by atoms with Crippen molar-refractivity contribution in [2.45, 2.75) is 34.6 Å². The molecule has 4 nitrogen and oxygen atoms in total. The molecular weight excluding hydrogens is 635 g/mol. The van der Waals surface area contributed by atoms with Gasteiger partial charge >= 0.3 is 0 Å². The van der Waals surface area contributed by atoms with Crippen molar-refractivity contribution in [3.05, 3.63) is 173 Å². The lowest BCUT2D eigenvalue weighted by Crippen LogP contribution is -2.57. The molecule has 0 saturated heterocycles. The average Bonchev–Trinajstić information content (AvgIpc) is 3.14. The molecular formula is C47H39BN2O2. The van der Waals surface area contributed by atoms with Gasteiger partial charge in [0.1, 0.15) is 23.0 Å². The molecule has 2 aliphatic rings. The van der Waals surface area contributed by atoms with Crippen molar-refractivity contribution in [1.82, 2.24) is 0 Å². The van der Waals surface area contributed by atoms with Crippen LogP contribution in [0.5, 0.6) is 23.0 Å². The summed E-state index contributed by atoms with van der Waals surface area (Å²) < 4.78 is 13.6. The molecule has 0 bridgehead atoms. The summed E-state index contributed by atoms with van der Waals surface area (Å²) in [4.78, 5) is 4.60. The van der Waals surface area contributed by atoms with Crippen molar-refractivity contribution >= 4 is 57.2 Å². The van der Waals surface area contributed by atoms with Crippen molar-refractivity contribution in [3.63, 3.8) is 0 Å². The Bertz CT molecular complexity index is 2190. The summed E-state index contributed by atoms with van der Waals surface area (Å²) in [6.07, 6.45) is 0. The number of aryl methyl sites for hydroxylation is 5. The topological polar surface area (TPSA) is 24.9 Å². The number of fused-ring (bicyclic) bond motifs is 4. The fraction of sp³-hybridized carbons (Fsp3) is 0.106. The Morgan fingerprint density at radius 1 is 0.327 bits per heavy atom. The maximum Gasteiger partial charge on any atom is 0.260 e. The van der Waals surface area contributed by atoms with Gasteiger partial charge in [-0.2, -0.15) is 0 Å². The maximum atomic E-state index is 6.80. The third kappa shape index (κ3) is 5.59. The molecule has 5 heteroatoms. The molecule has 0 radical (unpaired) electrons. The number of hydrogen-bond donors (Lipinski definition) is 0. The van der Waals surface area contributed by atoms with Crippen LogP contribution in [0.25, 0.3) is 0 Å². The van der Waals surface area contributed by atoms with Crippen molar-refractivity contribution < 1.29 is 9.47 Å². The molecule has 7 aromatic rings. The molecule has 0 fully saturated rings. The van der Waals surface area contributed by atoms with Gasteiger partial charge < -0.3 is 19.3 Å². The Morgan fingerprint density at radius 2 is 0.635 bits per heavy atom. The number of ether oxygens (including phenoxy) is 2. The average molecular weight is 675 g/mol. The first-order chi connectivity index (χ1) is 25.3. The van der Waals surface area contributed by atoms with E-state index in [2.05, 4.69) is 190 Å². The Kier molecular flexibility index (Phi) is 7.66. The van der Waals surface area contributed by atoms with Crippen LogP contribution < -0.4 is 35.7 Å². The fourth-order valence-corrected chi connectivity index (χ4v) is 7.55. The van der Waals surface area contributed by atoms with Gasteiger partial charge in [0.05, 0.1) is 0 Å². The van der Waals surface area contributed by atoms with E-state index in [1.165, 1.54) is 22.3 Å². The van der Waals surface area contributed by atoms with Crippen LogP contribution in [0.1, 0.15) is 27.8 Å². The van der Waals surface area contributed by atoms with E-state index in [9.17, 15) is 0 Å². The molecule has 0 atom stereocenters. The first-order valence-corrected chi connectivity index (χ1v) is 17.9. The number of rotatable bonds is 6. The van der Waals surface area contributed by atoms with E-state index < -0.39 is 0 Å². The van der Waals surface area contributed by atoms with Gasteiger partial charge in [0.25, 0.3) is 6.71 Å². The standard InChI is InChI=1S/C47H39BN2O2/c1-30-6-14-35(15-7-30)49(36-16-8-31(2)9-17-36)39-22-24-41-43(28-39)51-45-26-34(5)27-46-47(45)48(41)42-25-23-40(29-44(42)52-46)50(37-18-10-32(3)11-19-37)38-20-12-33(4)13-21-38/h6-29H,1-5H3. The highest BCUT2D eigenvalue weighted by Gasteiger charge is 2.41. The number of anilines is 6. The predicted molar refractivity (Wildman–Crippen MR) is 217 cm³/mol. The van der Waals surface area contributed by atoms with E-state index in [1.54, 1.807) is 0 Å². The van der Waals surface area contributed by atoms with Crippen LogP contribution in [0.2, 0.25) is 0 Å². The monoisotopic (exact) mass is 674 g/mol. The molecule has 0 spiro atoms. The summed E-state index contributed by atoms with van der Waals surface area (Å²) in [7, 11) is 0. The van der Waals surface area contributed by atoms with Crippen LogP contribution in [0.4, 0.5) is 34.1 Å². The molecule has 0 saturated carbocycles. The van der Waals surface area contributed by atoms with Crippen LogP contribution in [0.15, 0.2) is 146 Å². The zero-order chi connectivity index (χ0) is 35.5. The van der Waals surface area contributed by atoms with E-state index in [0.29, 0.717) is 0 Å². The highest BCUT2D eigenvalue weighted by molar-refractivity contribution is 6.98. The SMILES string of the molecule is Cc1ccc(N(c2ccc(C)cc2)c2ccc3c(c2)Oc2cc(C)cc4c2B3c2ccc(N(c3ccc(C)cc3)c3ccc(C)cc3)cc2O4)cc1. The van der Waals surface area contributed by atoms with Gasteiger partial charge in [-0.3, -0.25) is 0 Å². The molecule has 2 heterocycles. The summed E-state index contributed by atoms with van der Waals surface area (Å²) in [5.74, 6) is 3.40. The number of benzene rings is 7. The molecule has 0 amide bonds. The second-order valence-electron chi connectivity index (χ2n) is 14.3. The Balaban J connectivity index is 1.17. The fourth-order valence-electron chi connectivity index (χ4n) is 7.55. The number of hydrogen-bond acceptors (Lipinski definition) is 4. The van der Waals surface area contributed by atoms with Crippen molar-refractivity contribution in [3.8, 4) is 23.0 Å². The Hall–Kier alpha value is -6.20. The third-order valence-corrected chi connectivity index (χ3v) is 10.3. The van der Waals surface area contributed by atoms with Crippen molar-refractivity contribution in [2.75, 3.05) is 9.80 Å². The minimum atomic E-state index is -0.0411. The first-order valence-electron chi connectivity index (χ1n) is 17.9. The number of nitrogens with zero attached hydrogens (tertiary/aromatic N) is 2. The molecule has 0 aromatic heterocycles. The summed E-state index contributed by atoms with van der Waals surface area (Å²) in [6.45, 7) is 10.6. The zero-order valence-electron chi connectivity index (χ0n) is 30.1. The summed E-state index contributed by atoms with van der Waals surface area (Å²) in [5, 5.41) is 0. The van der Waals surface area contributed by atoms with Gasteiger partial charge in [-0.25, -0.2) is 0 Å². The van der Waals surface area contributed by atoms with Gasteiger partial charge in [0, 0.05) is 51.7 Å². The lowest BCUT2D eigenvalue weighted by Gasteiger charge is -2.35. The molecule has 2 aliphatic heterocycles. The van der Waals surface area contributed by atoms with E-state index in [4.69, 9.17) is 9.47 Å². The Labute approximate surface area is 306 Å². The third-order valence-electron chi connectivity index (χ3n) is 10.3. The molecule has 0 aliphatic carbocycles. The normalized spacial score (nSPS) is 12.2. The lowest BCUT2D eigenvalue weighted by molar-refractivity contribution is 0.464. The largest absolute Gasteiger partial charge is 0.458 e. The molecule has 9 rings (SSSR count). The zero-order valence-corrected chi connectivity index (χ0v) is 30.1. The predicted octanol–water partition coefficient (Wildman–Crippen LogP) is 10.9. The minimum Gasteiger partial charge on any atom is -0.458 e. The summed E-state index contributed by atoms with van der Waals surface area (Å²) in [6, 6.07) is 52.4. The van der Waals surface area contributed by atoms with E-state index in [0.717, 1.165) is 79.1 Å². The van der Waals surface area contributed by atoms with Crippen LogP contribution in [-0.2, 0) is 0 Å². The molecule has 7 aromatic carbocycles. The van der Waals surface area contributed by atoms with Gasteiger partial charge in [0.15, 0.2) is 0 Å². The van der Waals surface area contributed by atoms with Crippen LogP contribution in [0.3, 0.4) is 0 Å². The van der Waals surface area contributed by atoms with Crippen LogP contribution in [-0.4, -0.2) is 6.71 Å². The van der Waals surface area contributed by atoms with E-state index in [-0.39, 0.29) is 6.71 Å². The molecule has 0 N–H and O–H groups in total. The van der Waals surface area contributed by atoms with E-state index >= 15 is 0 Å². The smallest absolute Gasteiger partial charge is 0.260 e. The van der Waals surface area contributed by atoms with Gasteiger partial charge in [-0.05, 0) is 124 Å². The van der Waals surface area contributed by atoms with Gasteiger partial charge in [0.2, 0.25) is 0 Å². The lowest BCUT2D eigenvalue weighted by atomic mass is 9.35. The summed E-state index contributed by atoms with van der Waals surface area (Å²) >= 11 is 0. The molecule has 52 heavy (non-hydrogen) atoms. The van der Waals surface area contributed by atoms with Crippen molar-refractivity contribution in [1.29, 1.82) is 0 Å². The molecule has 0 unspecified atom stereocenters. The Morgan fingerprint density at radius 3 is 0.962 bits per heavy atom.